The normalized spacial score (nSPS) is 10.1. The van der Waals surface area contributed by atoms with Gasteiger partial charge in [-0.3, -0.25) is 0 Å². The Bertz CT molecular complexity index is 319. The van der Waals surface area contributed by atoms with Crippen molar-refractivity contribution in [1.29, 1.82) is 0 Å². The first-order valence-electron chi connectivity index (χ1n) is 3.55. The van der Waals surface area contributed by atoms with E-state index in [1.54, 1.807) is 36.6 Å². The van der Waals surface area contributed by atoms with Crippen LogP contribution in [0.4, 0.5) is 0 Å². The lowest BCUT2D eigenvalue weighted by atomic mass is 10.2. The predicted octanol–water partition coefficient (Wildman–Crippen LogP) is 0.360. The van der Waals surface area contributed by atoms with Crippen molar-refractivity contribution in [2.75, 3.05) is 6.26 Å². The zero-order chi connectivity index (χ0) is 10.3. The van der Waals surface area contributed by atoms with Crippen LogP contribution < -0.4 is 0 Å². The maximum Gasteiger partial charge on any atom is 0.0988 e. The van der Waals surface area contributed by atoms with Crippen LogP contribution in [0.25, 0.3) is 0 Å². The molecule has 0 aliphatic carbocycles. The van der Waals surface area contributed by atoms with Gasteiger partial charge in [0.15, 0.2) is 0 Å². The van der Waals surface area contributed by atoms with E-state index in [9.17, 15) is 13.0 Å². The van der Waals surface area contributed by atoms with E-state index in [4.69, 9.17) is 0 Å². The van der Waals surface area contributed by atoms with E-state index in [1.807, 2.05) is 0 Å². The summed E-state index contributed by atoms with van der Waals surface area (Å²) in [7, 11) is -4.13. The highest BCUT2D eigenvalue weighted by Crippen LogP contribution is 2.02. The van der Waals surface area contributed by atoms with Crippen LogP contribution in [0.2, 0.25) is 0 Å². The molecule has 0 saturated carbocycles. The fourth-order valence-electron chi connectivity index (χ4n) is 0.778. The fourth-order valence-corrected chi connectivity index (χ4v) is 1.38. The Hall–Kier alpha value is -0.520. The fraction of sp³-hybridized carbons (Fsp3) is 0.250. The van der Waals surface area contributed by atoms with Gasteiger partial charge in [0.25, 0.3) is 0 Å². The van der Waals surface area contributed by atoms with Gasteiger partial charge < -0.3 is 4.55 Å². The molecule has 1 aromatic carbocycles. The minimum absolute atomic E-state index is 0.423. The van der Waals surface area contributed by atoms with Gasteiger partial charge in [0.2, 0.25) is 0 Å². The van der Waals surface area contributed by atoms with Crippen LogP contribution in [0.3, 0.4) is 0 Å². The smallest absolute Gasteiger partial charge is 0.0988 e. The van der Waals surface area contributed by atoms with E-state index in [-0.39, 0.29) is 0 Å². The molecule has 0 heterocycles. The standard InChI is InChI=1S/C7H8O3S.CH4S/c8-11(9,10)6-7-4-2-1-3-5-7;1-2/h1-5H,6H2,(H,8,9,10);2H,1H3. The van der Waals surface area contributed by atoms with Crippen LogP contribution in [0.15, 0.2) is 30.3 Å². The Morgan fingerprint density at radius 3 is 2.08 bits per heavy atom. The maximum atomic E-state index is 10.2. The molecular formula is C8H12O3S2. The molecule has 1 rings (SSSR count). The average molecular weight is 220 g/mol. The molecule has 0 saturated heterocycles. The van der Waals surface area contributed by atoms with Crippen LogP contribution >= 0.6 is 0 Å². The first-order valence-corrected chi connectivity index (χ1v) is 6.13. The molecule has 0 spiro atoms. The molecule has 0 fully saturated rings. The molecule has 1 aromatic rings. The summed E-state index contributed by atoms with van der Waals surface area (Å²) in [5.74, 6) is -0.423. The number of hydrogen-bond acceptors (Lipinski definition) is 3. The van der Waals surface area contributed by atoms with Gasteiger partial charge in [-0.2, -0.15) is 0 Å². The van der Waals surface area contributed by atoms with Crippen molar-refractivity contribution < 1.29 is 13.0 Å². The second-order valence-electron chi connectivity index (χ2n) is 2.19. The summed E-state index contributed by atoms with van der Waals surface area (Å²) in [6.07, 6.45) is 1.81. The number of rotatable bonds is 2. The third-order valence-electron chi connectivity index (χ3n) is 1.19. The summed E-state index contributed by atoms with van der Waals surface area (Å²) in [6.45, 7) is 0. The first kappa shape index (κ1) is 12.5. The lowest BCUT2D eigenvalue weighted by Crippen LogP contribution is -2.01. The predicted molar refractivity (Wildman–Crippen MR) is 55.9 cm³/mol. The summed E-state index contributed by atoms with van der Waals surface area (Å²) in [4.78, 5) is 0. The van der Waals surface area contributed by atoms with Crippen LogP contribution in [0, 0.1) is 0 Å². The van der Waals surface area contributed by atoms with Crippen LogP contribution in [0.5, 0.6) is 0 Å². The van der Waals surface area contributed by atoms with Crippen molar-refractivity contribution in [3.63, 3.8) is 0 Å². The summed E-state index contributed by atoms with van der Waals surface area (Å²) in [5, 5.41) is 0. The Labute approximate surface area is 84.0 Å². The van der Waals surface area contributed by atoms with Crippen molar-refractivity contribution in [1.82, 2.24) is 0 Å². The van der Waals surface area contributed by atoms with E-state index in [0.29, 0.717) is 5.56 Å². The average Bonchev–Trinajstić information content (AvgIpc) is 2.07. The Morgan fingerprint density at radius 1 is 1.23 bits per heavy atom. The van der Waals surface area contributed by atoms with E-state index < -0.39 is 15.9 Å². The number of benzene rings is 1. The summed E-state index contributed by atoms with van der Waals surface area (Å²) in [6, 6.07) is 8.37. The van der Waals surface area contributed by atoms with Gasteiger partial charge in [-0.1, -0.05) is 30.3 Å². The minimum Gasteiger partial charge on any atom is -0.748 e. The van der Waals surface area contributed by atoms with Crippen molar-refractivity contribution >= 4 is 22.7 Å². The molecule has 5 heteroatoms. The highest BCUT2D eigenvalue weighted by Gasteiger charge is 1.95. The molecule has 0 amide bonds. The Morgan fingerprint density at radius 2 is 1.69 bits per heavy atom. The van der Waals surface area contributed by atoms with Gasteiger partial charge in [0.1, 0.15) is 0 Å². The highest BCUT2D eigenvalue weighted by molar-refractivity contribution is 7.84. The molecule has 0 radical (unpaired) electrons. The third kappa shape index (κ3) is 6.62. The second-order valence-corrected chi connectivity index (χ2v) is 3.59. The van der Waals surface area contributed by atoms with Gasteiger partial charge in [0, 0.05) is 0 Å². The minimum atomic E-state index is -4.13. The molecule has 0 unspecified atom stereocenters. The molecule has 3 nitrogen and oxygen atoms in total. The molecule has 0 aliphatic rings. The van der Waals surface area contributed by atoms with Gasteiger partial charge in [-0.15, -0.1) is 0 Å². The topological polar surface area (TPSA) is 57.2 Å². The summed E-state index contributed by atoms with van der Waals surface area (Å²) in [5.41, 5.74) is 0.530. The third-order valence-corrected chi connectivity index (χ3v) is 1.87. The maximum absolute atomic E-state index is 10.2. The zero-order valence-corrected chi connectivity index (χ0v) is 9.04. The molecular weight excluding hydrogens is 208 g/mol. The van der Waals surface area contributed by atoms with Crippen LogP contribution in [-0.2, 0) is 28.5 Å². The van der Waals surface area contributed by atoms with Crippen LogP contribution in [-0.4, -0.2) is 19.2 Å². The van der Waals surface area contributed by atoms with Gasteiger partial charge in [-0.25, -0.2) is 8.42 Å². The van der Waals surface area contributed by atoms with Crippen molar-refractivity contribution in [2.24, 2.45) is 0 Å². The lowest BCUT2D eigenvalue weighted by Gasteiger charge is -2.05. The summed E-state index contributed by atoms with van der Waals surface area (Å²) >= 11 is 2.97. The first-order chi connectivity index (χ1) is 6.08. The van der Waals surface area contributed by atoms with E-state index in [2.05, 4.69) is 12.6 Å². The largest absolute Gasteiger partial charge is 0.748 e. The monoisotopic (exact) mass is 220 g/mol. The zero-order valence-electron chi connectivity index (χ0n) is 7.23. The van der Waals surface area contributed by atoms with Crippen molar-refractivity contribution in [2.45, 2.75) is 5.75 Å². The van der Waals surface area contributed by atoms with E-state index in [0.717, 1.165) is 0 Å². The highest BCUT2D eigenvalue weighted by atomic mass is 32.2. The molecule has 0 aromatic heterocycles. The summed E-state index contributed by atoms with van der Waals surface area (Å²) < 4.78 is 30.7. The van der Waals surface area contributed by atoms with E-state index >= 15 is 0 Å². The Kier molecular flexibility index (Phi) is 5.77. The van der Waals surface area contributed by atoms with Crippen LogP contribution in [0.1, 0.15) is 5.56 Å². The lowest BCUT2D eigenvalue weighted by molar-refractivity contribution is 0.462. The van der Waals surface area contributed by atoms with Gasteiger partial charge in [0.05, 0.1) is 22.1 Å². The molecule has 13 heavy (non-hydrogen) atoms. The van der Waals surface area contributed by atoms with E-state index in [1.165, 1.54) is 0 Å². The molecule has 0 bridgehead atoms. The van der Waals surface area contributed by atoms with Gasteiger partial charge >= 0.3 is 0 Å². The Balaban J connectivity index is 0.000000671. The molecule has 74 valence electrons. The molecule has 0 N–H and O–H groups in total. The second kappa shape index (κ2) is 6.01. The van der Waals surface area contributed by atoms with Crippen molar-refractivity contribution in [3.8, 4) is 0 Å². The SMILES string of the molecule is C[SH2+].O=S(=O)([O-])Cc1ccccc1. The quantitative estimate of drug-likeness (QED) is 0.534. The number of hydrogen-bond donors (Lipinski definition) is 0. The molecule has 0 aliphatic heterocycles. The van der Waals surface area contributed by atoms with Gasteiger partial charge in [-0.05, 0) is 18.2 Å². The van der Waals surface area contributed by atoms with Crippen molar-refractivity contribution in [3.05, 3.63) is 35.9 Å². The molecule has 0 atom stereocenters.